The smallest absolute Gasteiger partial charge is 0.257 e. The lowest BCUT2D eigenvalue weighted by Gasteiger charge is -2.13. The number of amides is 2. The summed E-state index contributed by atoms with van der Waals surface area (Å²) in [5, 5.41) is 5.62. The molecule has 0 radical (unpaired) electrons. The maximum Gasteiger partial charge on any atom is 0.257 e. The molecule has 1 saturated carbocycles. The molecule has 0 aromatic heterocycles. The second-order valence-corrected chi connectivity index (χ2v) is 9.29. The molecule has 0 aliphatic heterocycles. The Kier molecular flexibility index (Phi) is 5.74. The van der Waals surface area contributed by atoms with E-state index in [9.17, 15) is 18.0 Å². The first-order valence-corrected chi connectivity index (χ1v) is 10.4. The molecule has 2 amide bonds. The average molecular weight is 422 g/mol. The Hall–Kier alpha value is -2.42. The van der Waals surface area contributed by atoms with Gasteiger partial charge >= 0.3 is 0 Å². The first-order valence-electron chi connectivity index (χ1n) is 8.63. The molecule has 28 heavy (non-hydrogen) atoms. The summed E-state index contributed by atoms with van der Waals surface area (Å²) in [6.07, 6.45) is 1.79. The van der Waals surface area contributed by atoms with Crippen molar-refractivity contribution in [3.63, 3.8) is 0 Å². The summed E-state index contributed by atoms with van der Waals surface area (Å²) < 4.78 is 25.6. The van der Waals surface area contributed by atoms with Gasteiger partial charge in [0.05, 0.1) is 15.5 Å². The van der Waals surface area contributed by atoms with Crippen LogP contribution in [0.4, 0.5) is 11.4 Å². The number of hydrogen-bond donors (Lipinski definition) is 2. The number of sulfonamides is 1. The number of anilines is 2. The molecule has 0 saturated heterocycles. The van der Waals surface area contributed by atoms with Crippen LogP contribution in [0.1, 0.15) is 23.2 Å². The highest BCUT2D eigenvalue weighted by molar-refractivity contribution is 7.89. The normalized spacial score (nSPS) is 14.0. The lowest BCUT2D eigenvalue weighted by molar-refractivity contribution is -0.117. The minimum atomic E-state index is -3.70. The van der Waals surface area contributed by atoms with Gasteiger partial charge in [0.2, 0.25) is 15.9 Å². The van der Waals surface area contributed by atoms with Crippen molar-refractivity contribution in [1.82, 2.24) is 4.31 Å². The van der Waals surface area contributed by atoms with E-state index in [1.165, 1.54) is 32.3 Å². The van der Waals surface area contributed by atoms with E-state index in [0.29, 0.717) is 11.4 Å². The van der Waals surface area contributed by atoms with Gasteiger partial charge in [0, 0.05) is 31.4 Å². The maximum atomic E-state index is 12.6. The average Bonchev–Trinajstić information content (AvgIpc) is 3.47. The zero-order valence-corrected chi connectivity index (χ0v) is 17.0. The van der Waals surface area contributed by atoms with Gasteiger partial charge in [-0.05, 0) is 49.2 Å². The molecule has 0 bridgehead atoms. The first-order chi connectivity index (χ1) is 13.2. The van der Waals surface area contributed by atoms with Crippen molar-refractivity contribution in [3.8, 4) is 0 Å². The van der Waals surface area contributed by atoms with E-state index in [1.807, 2.05) is 0 Å². The summed E-state index contributed by atoms with van der Waals surface area (Å²) >= 11 is 6.10. The summed E-state index contributed by atoms with van der Waals surface area (Å²) in [6, 6.07) is 10.7. The highest BCUT2D eigenvalue weighted by Gasteiger charge is 2.29. The van der Waals surface area contributed by atoms with Gasteiger partial charge in [-0.3, -0.25) is 9.59 Å². The van der Waals surface area contributed by atoms with Gasteiger partial charge in [0.1, 0.15) is 0 Å². The van der Waals surface area contributed by atoms with Crippen molar-refractivity contribution in [2.24, 2.45) is 5.92 Å². The van der Waals surface area contributed by atoms with Crippen molar-refractivity contribution in [2.45, 2.75) is 17.7 Å². The van der Waals surface area contributed by atoms with Crippen molar-refractivity contribution in [1.29, 1.82) is 0 Å². The Balaban J connectivity index is 1.80. The minimum Gasteiger partial charge on any atom is -0.326 e. The second-order valence-electron chi connectivity index (χ2n) is 6.73. The largest absolute Gasteiger partial charge is 0.326 e. The topological polar surface area (TPSA) is 95.6 Å². The number of halogens is 1. The third-order valence-electron chi connectivity index (χ3n) is 4.30. The summed E-state index contributed by atoms with van der Waals surface area (Å²) in [6.45, 7) is 0. The van der Waals surface area contributed by atoms with Gasteiger partial charge in [-0.1, -0.05) is 17.7 Å². The molecular formula is C19H20ClN3O4S. The lowest BCUT2D eigenvalue weighted by Crippen LogP contribution is -2.23. The van der Waals surface area contributed by atoms with Crippen molar-refractivity contribution >= 4 is 44.8 Å². The van der Waals surface area contributed by atoms with Gasteiger partial charge in [0.15, 0.2) is 0 Å². The SMILES string of the molecule is CN(C)S(=O)(=O)c1ccc(Cl)c(C(=O)Nc2cccc(NC(=O)C3CC3)c2)c1. The van der Waals surface area contributed by atoms with E-state index >= 15 is 0 Å². The van der Waals surface area contributed by atoms with Crippen LogP contribution in [0.3, 0.4) is 0 Å². The quantitative estimate of drug-likeness (QED) is 0.748. The number of nitrogens with zero attached hydrogens (tertiary/aromatic N) is 1. The van der Waals surface area contributed by atoms with Gasteiger partial charge in [-0.15, -0.1) is 0 Å². The van der Waals surface area contributed by atoms with Crippen LogP contribution in [-0.2, 0) is 14.8 Å². The predicted molar refractivity (Wildman–Crippen MR) is 108 cm³/mol. The maximum absolute atomic E-state index is 12.6. The van der Waals surface area contributed by atoms with Crippen LogP contribution in [0.25, 0.3) is 0 Å². The Bertz CT molecular complexity index is 1030. The number of rotatable bonds is 6. The Morgan fingerprint density at radius 3 is 2.29 bits per heavy atom. The molecule has 0 unspecified atom stereocenters. The number of carbonyl (C=O) groups excluding carboxylic acids is 2. The Morgan fingerprint density at radius 1 is 1.04 bits per heavy atom. The highest BCUT2D eigenvalue weighted by atomic mass is 35.5. The molecule has 3 rings (SSSR count). The van der Waals surface area contributed by atoms with Crippen molar-refractivity contribution in [2.75, 3.05) is 24.7 Å². The van der Waals surface area contributed by atoms with Gasteiger partial charge in [-0.25, -0.2) is 12.7 Å². The van der Waals surface area contributed by atoms with Crippen LogP contribution in [-0.4, -0.2) is 38.6 Å². The van der Waals surface area contributed by atoms with Crippen molar-refractivity contribution in [3.05, 3.63) is 53.1 Å². The van der Waals surface area contributed by atoms with E-state index in [1.54, 1.807) is 24.3 Å². The summed E-state index contributed by atoms with van der Waals surface area (Å²) in [5.41, 5.74) is 1.07. The molecule has 1 fully saturated rings. The van der Waals surface area contributed by atoms with E-state index in [4.69, 9.17) is 11.6 Å². The van der Waals surface area contributed by atoms with E-state index < -0.39 is 15.9 Å². The number of hydrogen-bond acceptors (Lipinski definition) is 4. The zero-order chi connectivity index (χ0) is 20.5. The monoisotopic (exact) mass is 421 g/mol. The number of nitrogens with one attached hydrogen (secondary N) is 2. The molecule has 0 heterocycles. The third-order valence-corrected chi connectivity index (χ3v) is 6.44. The van der Waals surface area contributed by atoms with Crippen LogP contribution < -0.4 is 10.6 Å². The molecule has 148 valence electrons. The summed E-state index contributed by atoms with van der Waals surface area (Å²) in [7, 11) is -0.882. The fourth-order valence-electron chi connectivity index (χ4n) is 2.51. The molecule has 1 aliphatic rings. The van der Waals surface area contributed by atoms with Gasteiger partial charge in [-0.2, -0.15) is 0 Å². The molecule has 9 heteroatoms. The van der Waals surface area contributed by atoms with Crippen LogP contribution in [0.2, 0.25) is 5.02 Å². The standard InChI is InChI=1S/C19H20ClN3O4S/c1-23(2)28(26,27)15-8-9-17(20)16(11-15)19(25)22-14-5-3-4-13(10-14)21-18(24)12-6-7-12/h3-5,8-12H,6-7H2,1-2H3,(H,21,24)(H,22,25). The fraction of sp³-hybridized carbons (Fsp3) is 0.263. The third kappa shape index (κ3) is 4.52. The molecule has 1 aliphatic carbocycles. The van der Waals surface area contributed by atoms with Gasteiger partial charge in [0.25, 0.3) is 5.91 Å². The molecule has 2 N–H and O–H groups in total. The molecule has 7 nitrogen and oxygen atoms in total. The molecule has 0 atom stereocenters. The Morgan fingerprint density at radius 2 is 1.68 bits per heavy atom. The van der Waals surface area contributed by atoms with E-state index in [-0.39, 0.29) is 27.3 Å². The van der Waals surface area contributed by atoms with E-state index in [0.717, 1.165) is 17.1 Å². The highest BCUT2D eigenvalue weighted by Crippen LogP contribution is 2.30. The van der Waals surface area contributed by atoms with Crippen LogP contribution in [0, 0.1) is 5.92 Å². The molecule has 0 spiro atoms. The molecular weight excluding hydrogens is 402 g/mol. The van der Waals surface area contributed by atoms with E-state index in [2.05, 4.69) is 10.6 Å². The second kappa shape index (κ2) is 7.90. The Labute approximate surface area is 168 Å². The zero-order valence-electron chi connectivity index (χ0n) is 15.4. The lowest BCUT2D eigenvalue weighted by atomic mass is 10.2. The fourth-order valence-corrected chi connectivity index (χ4v) is 3.64. The van der Waals surface area contributed by atoms with Crippen LogP contribution in [0.15, 0.2) is 47.4 Å². The van der Waals surface area contributed by atoms with Crippen molar-refractivity contribution < 1.29 is 18.0 Å². The first kappa shape index (κ1) is 20.3. The van der Waals surface area contributed by atoms with Crippen LogP contribution in [0.5, 0.6) is 0 Å². The molecule has 2 aromatic rings. The van der Waals surface area contributed by atoms with Crippen LogP contribution >= 0.6 is 11.6 Å². The molecule has 2 aromatic carbocycles. The predicted octanol–water partition coefficient (Wildman–Crippen LogP) is 3.19. The summed E-state index contributed by atoms with van der Waals surface area (Å²) in [5.74, 6) is -0.516. The minimum absolute atomic E-state index is 0.0301. The summed E-state index contributed by atoms with van der Waals surface area (Å²) in [4.78, 5) is 24.5. The number of carbonyl (C=O) groups is 2. The number of benzene rings is 2. The van der Waals surface area contributed by atoms with Gasteiger partial charge < -0.3 is 10.6 Å².